The molecule has 8 heteroatoms. The minimum Gasteiger partial charge on any atom is -0.347 e. The summed E-state index contributed by atoms with van der Waals surface area (Å²) < 4.78 is 5.84. The van der Waals surface area contributed by atoms with Crippen molar-refractivity contribution in [3.8, 4) is 0 Å². The third kappa shape index (κ3) is 2.43. The first-order valence-electron chi connectivity index (χ1n) is 6.65. The van der Waals surface area contributed by atoms with Crippen LogP contribution in [0.25, 0.3) is 0 Å². The summed E-state index contributed by atoms with van der Waals surface area (Å²) in [5.41, 5.74) is 0. The fourth-order valence-electron chi connectivity index (χ4n) is 2.42. The van der Waals surface area contributed by atoms with Crippen LogP contribution in [0, 0.1) is 0 Å². The van der Waals surface area contributed by atoms with Gasteiger partial charge in [-0.05, 0) is 18.0 Å². The van der Waals surface area contributed by atoms with Crippen LogP contribution in [0.3, 0.4) is 0 Å². The second kappa shape index (κ2) is 5.28. The minimum atomic E-state index is -0.104. The van der Waals surface area contributed by atoms with Gasteiger partial charge in [0, 0.05) is 24.9 Å². The number of carbonyl (C=O) groups is 1. The number of aromatic nitrogens is 5. The molecule has 1 unspecified atom stereocenters. The largest absolute Gasteiger partial charge is 0.347 e. The second-order valence-corrected chi connectivity index (χ2v) is 6.02. The normalized spacial score (nSPS) is 18.1. The summed E-state index contributed by atoms with van der Waals surface area (Å²) >= 11 is 1.11. The number of fused-ring (bicyclic) bond motifs is 1. The summed E-state index contributed by atoms with van der Waals surface area (Å²) in [6.07, 6.45) is 3.21. The lowest BCUT2D eigenvalue weighted by Gasteiger charge is -2.25. The van der Waals surface area contributed by atoms with Gasteiger partial charge >= 0.3 is 0 Å². The van der Waals surface area contributed by atoms with Gasteiger partial charge < -0.3 is 9.88 Å². The fraction of sp³-hybridized carbons (Fsp3) is 0.583. The molecule has 106 valence electrons. The highest BCUT2D eigenvalue weighted by Gasteiger charge is 2.25. The van der Waals surface area contributed by atoms with E-state index in [4.69, 9.17) is 0 Å². The van der Waals surface area contributed by atoms with Gasteiger partial charge in [-0.15, -0.1) is 15.3 Å². The number of rotatable bonds is 3. The van der Waals surface area contributed by atoms with Crippen LogP contribution >= 0.6 is 11.5 Å². The number of aryl methyl sites for hydroxylation is 1. The van der Waals surface area contributed by atoms with Crippen molar-refractivity contribution in [2.24, 2.45) is 0 Å². The van der Waals surface area contributed by atoms with Crippen LogP contribution in [-0.2, 0) is 13.0 Å². The maximum absolute atomic E-state index is 12.0. The molecule has 2 aromatic rings. The standard InChI is InChI=1S/C12H16N6OS/c1-7(2)11-16-15-10-4-3-8(6-18(10)11)14-12(19)9-5-13-17-20-9/h5,7-8H,3-4,6H2,1-2H3,(H,14,19). The first kappa shape index (κ1) is 13.2. The molecular weight excluding hydrogens is 276 g/mol. The Labute approximate surface area is 120 Å². The molecule has 1 aliphatic heterocycles. The molecule has 3 rings (SSSR count). The van der Waals surface area contributed by atoms with Gasteiger partial charge in [0.15, 0.2) is 0 Å². The summed E-state index contributed by atoms with van der Waals surface area (Å²) in [5.74, 6) is 2.22. The zero-order valence-electron chi connectivity index (χ0n) is 11.4. The summed E-state index contributed by atoms with van der Waals surface area (Å²) in [7, 11) is 0. The number of nitrogens with one attached hydrogen (secondary N) is 1. The SMILES string of the molecule is CC(C)c1nnc2n1CC(NC(=O)c1cnns1)CC2. The van der Waals surface area contributed by atoms with E-state index in [-0.39, 0.29) is 11.9 Å². The van der Waals surface area contributed by atoms with E-state index in [1.54, 1.807) is 0 Å². The quantitative estimate of drug-likeness (QED) is 0.912. The highest BCUT2D eigenvalue weighted by Crippen LogP contribution is 2.20. The van der Waals surface area contributed by atoms with Gasteiger partial charge in [-0.1, -0.05) is 18.3 Å². The molecular formula is C12H16N6OS. The van der Waals surface area contributed by atoms with Gasteiger partial charge in [0.25, 0.3) is 5.91 Å². The van der Waals surface area contributed by atoms with Crippen molar-refractivity contribution in [1.29, 1.82) is 0 Å². The van der Waals surface area contributed by atoms with Gasteiger partial charge in [0.2, 0.25) is 0 Å². The molecule has 0 bridgehead atoms. The van der Waals surface area contributed by atoms with Crippen LogP contribution < -0.4 is 5.32 Å². The zero-order valence-corrected chi connectivity index (χ0v) is 12.2. The Bertz CT molecular complexity index is 606. The molecule has 0 saturated heterocycles. The van der Waals surface area contributed by atoms with E-state index in [1.807, 2.05) is 0 Å². The summed E-state index contributed by atoms with van der Waals surface area (Å²) in [4.78, 5) is 12.6. The predicted molar refractivity (Wildman–Crippen MR) is 73.6 cm³/mol. The van der Waals surface area contributed by atoms with Crippen molar-refractivity contribution in [2.75, 3.05) is 0 Å². The Morgan fingerprint density at radius 3 is 3.05 bits per heavy atom. The van der Waals surface area contributed by atoms with E-state index < -0.39 is 0 Å². The summed E-state index contributed by atoms with van der Waals surface area (Å²) in [6, 6.07) is 0.102. The predicted octanol–water partition coefficient (Wildman–Crippen LogP) is 0.998. The molecule has 1 amide bonds. The van der Waals surface area contributed by atoms with Crippen LogP contribution in [0.1, 0.15) is 47.5 Å². The molecule has 1 atom stereocenters. The first-order valence-corrected chi connectivity index (χ1v) is 7.42. The molecule has 0 aliphatic carbocycles. The maximum atomic E-state index is 12.0. The topological polar surface area (TPSA) is 85.6 Å². The molecule has 20 heavy (non-hydrogen) atoms. The van der Waals surface area contributed by atoms with E-state index in [0.29, 0.717) is 10.8 Å². The van der Waals surface area contributed by atoms with Gasteiger partial charge in [-0.25, -0.2) is 0 Å². The fourth-order valence-corrected chi connectivity index (χ4v) is 2.84. The lowest BCUT2D eigenvalue weighted by molar-refractivity contribution is 0.0931. The van der Waals surface area contributed by atoms with Gasteiger partial charge in [0.05, 0.1) is 6.20 Å². The van der Waals surface area contributed by atoms with Crippen molar-refractivity contribution in [2.45, 2.75) is 45.2 Å². The van der Waals surface area contributed by atoms with Crippen LogP contribution in [0.4, 0.5) is 0 Å². The maximum Gasteiger partial charge on any atom is 0.264 e. The summed E-state index contributed by atoms with van der Waals surface area (Å²) in [5, 5.41) is 15.2. The monoisotopic (exact) mass is 292 g/mol. The van der Waals surface area contributed by atoms with Crippen LogP contribution in [0.15, 0.2) is 6.20 Å². The summed E-state index contributed by atoms with van der Waals surface area (Å²) in [6.45, 7) is 4.93. The molecule has 7 nitrogen and oxygen atoms in total. The lowest BCUT2D eigenvalue weighted by Crippen LogP contribution is -2.41. The number of nitrogens with zero attached hydrogens (tertiary/aromatic N) is 5. The molecule has 1 N–H and O–H groups in total. The van der Waals surface area contributed by atoms with Crippen molar-refractivity contribution in [3.63, 3.8) is 0 Å². The Hall–Kier alpha value is -1.83. The lowest BCUT2D eigenvalue weighted by atomic mass is 10.1. The molecule has 0 radical (unpaired) electrons. The second-order valence-electron chi connectivity index (χ2n) is 5.23. The zero-order chi connectivity index (χ0) is 14.1. The Morgan fingerprint density at radius 2 is 2.35 bits per heavy atom. The van der Waals surface area contributed by atoms with E-state index in [1.165, 1.54) is 6.20 Å². The molecule has 0 spiro atoms. The molecule has 3 heterocycles. The van der Waals surface area contributed by atoms with Crippen LogP contribution in [0.2, 0.25) is 0 Å². The number of hydrogen-bond donors (Lipinski definition) is 1. The number of carbonyl (C=O) groups excluding carboxylic acids is 1. The molecule has 2 aromatic heterocycles. The van der Waals surface area contributed by atoms with E-state index in [9.17, 15) is 4.79 Å². The number of hydrogen-bond acceptors (Lipinski definition) is 6. The number of amides is 1. The molecule has 0 aromatic carbocycles. The van der Waals surface area contributed by atoms with Crippen molar-refractivity contribution >= 4 is 17.4 Å². The van der Waals surface area contributed by atoms with E-state index in [2.05, 4.69) is 43.5 Å². The highest BCUT2D eigenvalue weighted by atomic mass is 32.1. The van der Waals surface area contributed by atoms with Crippen LogP contribution in [-0.4, -0.2) is 36.3 Å². The first-order chi connectivity index (χ1) is 9.65. The molecule has 1 aliphatic rings. The average Bonchev–Trinajstić information content (AvgIpc) is 3.07. The minimum absolute atomic E-state index is 0.102. The van der Waals surface area contributed by atoms with Gasteiger partial charge in [-0.2, -0.15) is 0 Å². The van der Waals surface area contributed by atoms with E-state index in [0.717, 1.165) is 42.6 Å². The highest BCUT2D eigenvalue weighted by molar-refractivity contribution is 7.07. The van der Waals surface area contributed by atoms with Crippen LogP contribution in [0.5, 0.6) is 0 Å². The molecule has 0 fully saturated rings. The van der Waals surface area contributed by atoms with Gasteiger partial charge in [-0.3, -0.25) is 4.79 Å². The third-order valence-electron chi connectivity index (χ3n) is 3.41. The smallest absolute Gasteiger partial charge is 0.264 e. The van der Waals surface area contributed by atoms with Crippen molar-refractivity contribution in [3.05, 3.63) is 22.7 Å². The Kier molecular flexibility index (Phi) is 3.47. The van der Waals surface area contributed by atoms with Gasteiger partial charge in [0.1, 0.15) is 16.5 Å². The van der Waals surface area contributed by atoms with Crippen molar-refractivity contribution in [1.82, 2.24) is 29.7 Å². The third-order valence-corrected chi connectivity index (χ3v) is 4.08. The molecule has 0 saturated carbocycles. The van der Waals surface area contributed by atoms with Crippen molar-refractivity contribution < 1.29 is 4.79 Å². The van der Waals surface area contributed by atoms with E-state index >= 15 is 0 Å². The Balaban J connectivity index is 1.72. The Morgan fingerprint density at radius 1 is 1.50 bits per heavy atom. The average molecular weight is 292 g/mol.